The summed E-state index contributed by atoms with van der Waals surface area (Å²) in [5.41, 5.74) is 0.109. The van der Waals surface area contributed by atoms with Gasteiger partial charge in [0.2, 0.25) is 5.95 Å². The maximum atomic E-state index is 4.46. The van der Waals surface area contributed by atoms with Gasteiger partial charge in [-0.25, -0.2) is 4.98 Å². The molecule has 1 unspecified atom stereocenters. The zero-order valence-corrected chi connectivity index (χ0v) is 10.1. The molecular formula is C11H19N5. The van der Waals surface area contributed by atoms with E-state index in [0.717, 1.165) is 31.3 Å². The molecule has 5 heteroatoms. The highest BCUT2D eigenvalue weighted by Gasteiger charge is 2.28. The second-order valence-electron chi connectivity index (χ2n) is 4.75. The van der Waals surface area contributed by atoms with Crippen LogP contribution in [0.5, 0.6) is 0 Å². The van der Waals surface area contributed by atoms with Crippen LogP contribution in [0.15, 0.2) is 12.3 Å². The van der Waals surface area contributed by atoms with Crippen LogP contribution in [0.4, 0.5) is 11.8 Å². The lowest BCUT2D eigenvalue weighted by atomic mass is 10.0. The van der Waals surface area contributed by atoms with Crippen molar-refractivity contribution >= 4 is 11.8 Å². The molecule has 0 amide bonds. The fraction of sp³-hybridized carbons (Fsp3) is 0.636. The Bertz CT molecular complexity index is 357. The molecule has 0 radical (unpaired) electrons. The summed E-state index contributed by atoms with van der Waals surface area (Å²) in [6, 6.07) is 1.91. The lowest BCUT2D eigenvalue weighted by Gasteiger charge is -2.25. The van der Waals surface area contributed by atoms with Crippen molar-refractivity contribution in [3.05, 3.63) is 12.3 Å². The van der Waals surface area contributed by atoms with Crippen LogP contribution in [-0.2, 0) is 0 Å². The number of nitrogens with zero attached hydrogens (tertiary/aromatic N) is 3. The van der Waals surface area contributed by atoms with E-state index in [4.69, 9.17) is 0 Å². The normalized spacial score (nSPS) is 24.4. The molecule has 1 atom stereocenters. The molecule has 1 aliphatic heterocycles. The quantitative estimate of drug-likeness (QED) is 0.787. The largest absolute Gasteiger partial charge is 0.363 e. The SMILES string of the molecule is CN(C)c1nccc(NC2(C)CCNC2)n1. The van der Waals surface area contributed by atoms with Gasteiger partial charge in [0.15, 0.2) is 0 Å². The average molecular weight is 221 g/mol. The molecule has 88 valence electrons. The van der Waals surface area contributed by atoms with Gasteiger partial charge in [-0.2, -0.15) is 4.98 Å². The van der Waals surface area contributed by atoms with Gasteiger partial charge in [0.05, 0.1) is 0 Å². The minimum atomic E-state index is 0.109. The van der Waals surface area contributed by atoms with Crippen molar-refractivity contribution in [3.63, 3.8) is 0 Å². The van der Waals surface area contributed by atoms with Gasteiger partial charge < -0.3 is 15.5 Å². The highest BCUT2D eigenvalue weighted by molar-refractivity contribution is 5.42. The second-order valence-corrected chi connectivity index (χ2v) is 4.75. The zero-order chi connectivity index (χ0) is 11.6. The van der Waals surface area contributed by atoms with Gasteiger partial charge in [-0.1, -0.05) is 0 Å². The van der Waals surface area contributed by atoms with E-state index in [1.54, 1.807) is 6.20 Å². The van der Waals surface area contributed by atoms with E-state index in [1.165, 1.54) is 0 Å². The number of hydrogen-bond acceptors (Lipinski definition) is 5. The van der Waals surface area contributed by atoms with E-state index in [0.29, 0.717) is 0 Å². The van der Waals surface area contributed by atoms with E-state index in [-0.39, 0.29) is 5.54 Å². The van der Waals surface area contributed by atoms with Crippen molar-refractivity contribution in [2.24, 2.45) is 0 Å². The first-order chi connectivity index (χ1) is 7.59. The van der Waals surface area contributed by atoms with E-state index in [1.807, 2.05) is 25.1 Å². The summed E-state index contributed by atoms with van der Waals surface area (Å²) in [4.78, 5) is 10.6. The third kappa shape index (κ3) is 2.41. The summed E-state index contributed by atoms with van der Waals surface area (Å²) in [5, 5.41) is 6.83. The Morgan fingerprint density at radius 3 is 2.94 bits per heavy atom. The monoisotopic (exact) mass is 221 g/mol. The Morgan fingerprint density at radius 1 is 1.50 bits per heavy atom. The van der Waals surface area contributed by atoms with Crippen molar-refractivity contribution in [1.82, 2.24) is 15.3 Å². The fourth-order valence-corrected chi connectivity index (χ4v) is 1.87. The lowest BCUT2D eigenvalue weighted by molar-refractivity contribution is 0.564. The topological polar surface area (TPSA) is 53.1 Å². The molecule has 0 aromatic carbocycles. The van der Waals surface area contributed by atoms with E-state index < -0.39 is 0 Å². The molecule has 1 aromatic rings. The number of aromatic nitrogens is 2. The molecule has 0 aliphatic carbocycles. The second kappa shape index (κ2) is 4.25. The van der Waals surface area contributed by atoms with Crippen LogP contribution < -0.4 is 15.5 Å². The number of hydrogen-bond donors (Lipinski definition) is 2. The molecule has 0 saturated carbocycles. The maximum Gasteiger partial charge on any atom is 0.226 e. The zero-order valence-electron chi connectivity index (χ0n) is 10.1. The fourth-order valence-electron chi connectivity index (χ4n) is 1.87. The molecule has 2 heterocycles. The van der Waals surface area contributed by atoms with Gasteiger partial charge in [-0.3, -0.25) is 0 Å². The summed E-state index contributed by atoms with van der Waals surface area (Å²) in [6.45, 7) is 4.26. The first-order valence-corrected chi connectivity index (χ1v) is 5.58. The molecule has 1 saturated heterocycles. The summed E-state index contributed by atoms with van der Waals surface area (Å²) in [5.74, 6) is 1.63. The molecule has 5 nitrogen and oxygen atoms in total. The van der Waals surface area contributed by atoms with Gasteiger partial charge in [-0.15, -0.1) is 0 Å². The van der Waals surface area contributed by atoms with Crippen LogP contribution in [0.2, 0.25) is 0 Å². The Kier molecular flexibility index (Phi) is 2.96. The van der Waals surface area contributed by atoms with Crippen LogP contribution in [0.25, 0.3) is 0 Å². The van der Waals surface area contributed by atoms with Crippen LogP contribution in [0.1, 0.15) is 13.3 Å². The first-order valence-electron chi connectivity index (χ1n) is 5.58. The Hall–Kier alpha value is -1.36. The van der Waals surface area contributed by atoms with Crippen LogP contribution in [0.3, 0.4) is 0 Å². The summed E-state index contributed by atoms with van der Waals surface area (Å²) < 4.78 is 0. The van der Waals surface area contributed by atoms with Crippen LogP contribution in [-0.4, -0.2) is 42.7 Å². The smallest absolute Gasteiger partial charge is 0.226 e. The van der Waals surface area contributed by atoms with Crippen molar-refractivity contribution < 1.29 is 0 Å². The maximum absolute atomic E-state index is 4.46. The number of rotatable bonds is 3. The summed E-state index contributed by atoms with van der Waals surface area (Å²) in [6.07, 6.45) is 2.91. The molecule has 16 heavy (non-hydrogen) atoms. The first kappa shape index (κ1) is 11.1. The van der Waals surface area contributed by atoms with Crippen molar-refractivity contribution in [3.8, 4) is 0 Å². The Balaban J connectivity index is 2.12. The minimum Gasteiger partial charge on any atom is -0.363 e. The van der Waals surface area contributed by atoms with Gasteiger partial charge >= 0.3 is 0 Å². The molecular weight excluding hydrogens is 202 g/mol. The lowest BCUT2D eigenvalue weighted by Crippen LogP contribution is -2.37. The Morgan fingerprint density at radius 2 is 2.31 bits per heavy atom. The standard InChI is InChI=1S/C11H19N5/c1-11(5-7-12-8-11)15-9-4-6-13-10(14-9)16(2)3/h4,6,12H,5,7-8H2,1-3H3,(H,13,14,15). The molecule has 0 bridgehead atoms. The molecule has 1 aromatic heterocycles. The number of anilines is 2. The highest BCUT2D eigenvalue weighted by atomic mass is 15.2. The van der Waals surface area contributed by atoms with Crippen LogP contribution >= 0.6 is 0 Å². The van der Waals surface area contributed by atoms with E-state index in [9.17, 15) is 0 Å². The summed E-state index contributed by atoms with van der Waals surface area (Å²) in [7, 11) is 3.88. The molecule has 1 fully saturated rings. The van der Waals surface area contributed by atoms with Crippen molar-refractivity contribution in [2.75, 3.05) is 37.4 Å². The summed E-state index contributed by atoms with van der Waals surface area (Å²) >= 11 is 0. The van der Waals surface area contributed by atoms with E-state index >= 15 is 0 Å². The third-order valence-corrected chi connectivity index (χ3v) is 2.84. The molecule has 1 aliphatic rings. The molecule has 2 N–H and O–H groups in total. The third-order valence-electron chi connectivity index (χ3n) is 2.84. The van der Waals surface area contributed by atoms with Gasteiger partial charge in [-0.05, 0) is 26.0 Å². The Labute approximate surface area is 96.3 Å². The predicted octanol–water partition coefficient (Wildman–Crippen LogP) is 0.706. The van der Waals surface area contributed by atoms with Crippen LogP contribution in [0, 0.1) is 0 Å². The highest BCUT2D eigenvalue weighted by Crippen LogP contribution is 2.20. The van der Waals surface area contributed by atoms with E-state index in [2.05, 4.69) is 27.5 Å². The number of nitrogens with one attached hydrogen (secondary N) is 2. The van der Waals surface area contributed by atoms with Crippen molar-refractivity contribution in [2.45, 2.75) is 18.9 Å². The van der Waals surface area contributed by atoms with Crippen molar-refractivity contribution in [1.29, 1.82) is 0 Å². The van der Waals surface area contributed by atoms with Gasteiger partial charge in [0, 0.05) is 32.4 Å². The van der Waals surface area contributed by atoms with Gasteiger partial charge in [0.1, 0.15) is 5.82 Å². The molecule has 2 rings (SSSR count). The average Bonchev–Trinajstić information content (AvgIpc) is 2.65. The predicted molar refractivity (Wildman–Crippen MR) is 65.9 cm³/mol. The molecule has 0 spiro atoms. The minimum absolute atomic E-state index is 0.109. The van der Waals surface area contributed by atoms with Gasteiger partial charge in [0.25, 0.3) is 0 Å².